The molecule has 3 rings (SSSR count). The van der Waals surface area contributed by atoms with Gasteiger partial charge in [0.2, 0.25) is 0 Å². The highest BCUT2D eigenvalue weighted by Gasteiger charge is 2.10. The molecule has 0 aliphatic carbocycles. The van der Waals surface area contributed by atoms with Crippen molar-refractivity contribution in [3.8, 4) is 11.5 Å². The van der Waals surface area contributed by atoms with Crippen LogP contribution in [0.1, 0.15) is 25.8 Å². The first-order valence-electron chi connectivity index (χ1n) is 12.0. The van der Waals surface area contributed by atoms with Gasteiger partial charge in [0.15, 0.2) is 0 Å². The highest BCUT2D eigenvalue weighted by Crippen LogP contribution is 2.29. The maximum atomic E-state index is 12.2. The molecule has 4 nitrogen and oxygen atoms in total. The van der Waals surface area contributed by atoms with Gasteiger partial charge in [-0.1, -0.05) is 18.2 Å². The van der Waals surface area contributed by atoms with Crippen molar-refractivity contribution in [2.75, 3.05) is 27.1 Å². The van der Waals surface area contributed by atoms with E-state index in [4.69, 9.17) is 13.0 Å². The number of rotatable bonds is 10. The van der Waals surface area contributed by atoms with Gasteiger partial charge in [0.05, 0.1) is 6.61 Å². The van der Waals surface area contributed by atoms with Crippen molar-refractivity contribution >= 4 is 10.9 Å². The molecule has 0 bridgehead atoms. The van der Waals surface area contributed by atoms with E-state index >= 15 is 0 Å². The average molecular weight is 394 g/mol. The van der Waals surface area contributed by atoms with E-state index in [9.17, 15) is 8.78 Å². The number of aryl methyl sites for hydroxylation is 1. The van der Waals surface area contributed by atoms with E-state index in [2.05, 4.69) is 9.72 Å². The first-order valence-corrected chi connectivity index (χ1v) is 8.98. The second kappa shape index (κ2) is 9.55. The zero-order valence-corrected chi connectivity index (χ0v) is 15.3. The number of alkyl halides is 2. The van der Waals surface area contributed by atoms with Gasteiger partial charge in [0, 0.05) is 31.9 Å². The van der Waals surface area contributed by atoms with E-state index in [-0.39, 0.29) is 18.7 Å². The molecule has 3 aromatic rings. The van der Waals surface area contributed by atoms with Crippen LogP contribution in [0.3, 0.4) is 0 Å². The maximum Gasteiger partial charge on any atom is 0.387 e. The lowest BCUT2D eigenvalue weighted by atomic mass is 10.1. The molecule has 0 aliphatic heterocycles. The number of benzene rings is 2. The Bertz CT molecular complexity index is 1050. The highest BCUT2D eigenvalue weighted by molar-refractivity contribution is 5.89. The third-order valence-corrected chi connectivity index (χ3v) is 4.37. The van der Waals surface area contributed by atoms with Crippen LogP contribution < -0.4 is 9.47 Å². The summed E-state index contributed by atoms with van der Waals surface area (Å²) in [6.07, 6.45) is 3.30. The Balaban J connectivity index is 1.62. The molecule has 0 radical (unpaired) electrons. The Kier molecular flexibility index (Phi) is 4.62. The van der Waals surface area contributed by atoms with E-state index in [0.29, 0.717) is 30.1 Å². The monoisotopic (exact) mass is 394 g/mol. The summed E-state index contributed by atoms with van der Waals surface area (Å²) in [6.45, 7) is -8.10. The van der Waals surface area contributed by atoms with Gasteiger partial charge in [-0.05, 0) is 68.6 Å². The van der Waals surface area contributed by atoms with E-state index < -0.39 is 20.6 Å². The molecule has 0 saturated heterocycles. The molecule has 0 spiro atoms. The lowest BCUT2D eigenvalue weighted by Crippen LogP contribution is -2.14. The van der Waals surface area contributed by atoms with Crippen molar-refractivity contribution in [3.05, 3.63) is 59.8 Å². The molecule has 2 aromatic carbocycles. The topological polar surface area (TPSA) is 37.5 Å². The fraction of sp³-hybridized carbons (Fsp3) is 0.364. The third kappa shape index (κ3) is 5.45. The van der Waals surface area contributed by atoms with Gasteiger partial charge >= 0.3 is 6.61 Å². The van der Waals surface area contributed by atoms with Crippen LogP contribution in [0.25, 0.3) is 10.9 Å². The minimum absolute atomic E-state index is 0.109. The largest absolute Gasteiger partial charge is 0.493 e. The predicted molar refractivity (Wildman–Crippen MR) is 107 cm³/mol. The van der Waals surface area contributed by atoms with Crippen molar-refractivity contribution in [1.82, 2.24) is 9.88 Å². The first-order chi connectivity index (χ1) is 15.9. The summed E-state index contributed by atoms with van der Waals surface area (Å²) >= 11 is 0. The SMILES string of the molecule is [2H]C([2H])([2H])N(CCc1c[nH]c2cccc(OCCCc3ccc(OC(F)F)cc3)c12)C([2H])([2H])[2H]. The quantitative estimate of drug-likeness (QED) is 0.498. The van der Waals surface area contributed by atoms with Gasteiger partial charge in [0.1, 0.15) is 11.5 Å². The molecule has 150 valence electrons. The van der Waals surface area contributed by atoms with Crippen LogP contribution in [0.4, 0.5) is 8.78 Å². The molecule has 28 heavy (non-hydrogen) atoms. The number of halogens is 2. The zero-order valence-electron chi connectivity index (χ0n) is 21.3. The number of aromatic nitrogens is 1. The van der Waals surface area contributed by atoms with Gasteiger partial charge in [-0.2, -0.15) is 8.78 Å². The van der Waals surface area contributed by atoms with E-state index in [1.54, 1.807) is 24.4 Å². The van der Waals surface area contributed by atoms with Crippen LogP contribution in [0.15, 0.2) is 48.7 Å². The molecule has 0 unspecified atom stereocenters. The summed E-state index contributed by atoms with van der Waals surface area (Å²) < 4.78 is 80.0. The molecule has 6 heteroatoms. The first kappa shape index (κ1) is 13.6. The number of ether oxygens (including phenoxy) is 2. The number of hydrogen-bond acceptors (Lipinski definition) is 3. The van der Waals surface area contributed by atoms with Crippen LogP contribution in [0.2, 0.25) is 0 Å². The van der Waals surface area contributed by atoms with Crippen molar-refractivity contribution in [2.45, 2.75) is 25.9 Å². The van der Waals surface area contributed by atoms with Crippen molar-refractivity contribution in [1.29, 1.82) is 0 Å². The summed E-state index contributed by atoms with van der Waals surface area (Å²) in [4.78, 5) is 3.66. The van der Waals surface area contributed by atoms with Gasteiger partial charge in [-0.15, -0.1) is 0 Å². The standard InChI is InChI=1S/C22H26F2N2O2/c1-26(2)13-12-17-15-25-19-6-3-7-20(21(17)19)27-14-4-5-16-8-10-18(11-9-16)28-22(23)24/h3,6-11,15,22,25H,4-5,12-14H2,1-2H3/i1D3,2D3. The van der Waals surface area contributed by atoms with Crippen molar-refractivity contribution in [3.63, 3.8) is 0 Å². The molecular weight excluding hydrogens is 362 g/mol. The zero-order chi connectivity index (χ0) is 24.9. The molecule has 0 aliphatic rings. The van der Waals surface area contributed by atoms with Gasteiger partial charge in [-0.3, -0.25) is 0 Å². The molecule has 0 atom stereocenters. The van der Waals surface area contributed by atoms with Crippen LogP contribution in [-0.2, 0) is 12.8 Å². The fourth-order valence-corrected chi connectivity index (χ4v) is 3.07. The number of fused-ring (bicyclic) bond motifs is 1. The van der Waals surface area contributed by atoms with E-state index in [1.807, 2.05) is 12.1 Å². The minimum atomic E-state index is -2.86. The molecule has 1 heterocycles. The number of aromatic amines is 1. The number of H-pyrrole nitrogens is 1. The van der Waals surface area contributed by atoms with Gasteiger partial charge in [0.25, 0.3) is 0 Å². The molecule has 1 N–H and O–H groups in total. The smallest absolute Gasteiger partial charge is 0.387 e. The Morgan fingerprint density at radius 3 is 2.68 bits per heavy atom. The lowest BCUT2D eigenvalue weighted by Gasteiger charge is -2.11. The third-order valence-electron chi connectivity index (χ3n) is 4.37. The van der Waals surface area contributed by atoms with Gasteiger partial charge < -0.3 is 19.4 Å². The van der Waals surface area contributed by atoms with Crippen LogP contribution in [0.5, 0.6) is 11.5 Å². The number of nitrogens with zero attached hydrogens (tertiary/aromatic N) is 1. The molecular formula is C22H26F2N2O2. The number of hydrogen-bond donors (Lipinski definition) is 1. The fourth-order valence-electron chi connectivity index (χ4n) is 3.07. The summed E-state index contributed by atoms with van der Waals surface area (Å²) in [5.41, 5.74) is 2.52. The summed E-state index contributed by atoms with van der Waals surface area (Å²) in [7, 11) is 0. The average Bonchev–Trinajstić information content (AvgIpc) is 3.14. The Morgan fingerprint density at radius 2 is 1.93 bits per heavy atom. The van der Waals surface area contributed by atoms with E-state index in [0.717, 1.165) is 22.0 Å². The minimum Gasteiger partial charge on any atom is -0.493 e. The van der Waals surface area contributed by atoms with Crippen LogP contribution >= 0.6 is 0 Å². The Morgan fingerprint density at radius 1 is 1.11 bits per heavy atom. The maximum absolute atomic E-state index is 12.2. The highest BCUT2D eigenvalue weighted by atomic mass is 19.3. The van der Waals surface area contributed by atoms with Gasteiger partial charge in [-0.25, -0.2) is 0 Å². The molecule has 0 fully saturated rings. The van der Waals surface area contributed by atoms with Crippen LogP contribution in [-0.4, -0.2) is 43.6 Å². The summed E-state index contributed by atoms with van der Waals surface area (Å²) in [5, 5.41) is 0.784. The number of nitrogens with one attached hydrogen (secondary N) is 1. The predicted octanol–water partition coefficient (Wildman–Crippen LogP) is 4.89. The number of likely N-dealkylation sites (N-methyl/N-ethyl adjacent to an activating group) is 1. The summed E-state index contributed by atoms with van der Waals surface area (Å²) in [6, 6.07) is 11.9. The normalized spacial score (nSPS) is 15.6. The van der Waals surface area contributed by atoms with Crippen LogP contribution in [0, 0.1) is 0 Å². The van der Waals surface area contributed by atoms with Crippen molar-refractivity contribution < 1.29 is 26.5 Å². The molecule has 1 aromatic heterocycles. The summed E-state index contributed by atoms with van der Waals surface area (Å²) in [5.74, 6) is 0.723. The molecule has 0 amide bonds. The Hall–Kier alpha value is -2.60. The van der Waals surface area contributed by atoms with Crippen molar-refractivity contribution in [2.24, 2.45) is 0 Å². The lowest BCUT2D eigenvalue weighted by molar-refractivity contribution is -0.0498. The Labute approximate surface area is 172 Å². The molecule has 0 saturated carbocycles. The van der Waals surface area contributed by atoms with E-state index in [1.165, 1.54) is 12.1 Å². The second-order valence-corrected chi connectivity index (χ2v) is 6.37. The second-order valence-electron chi connectivity index (χ2n) is 6.37.